The number of benzene rings is 2. The molecule has 7 rings (SSSR count). The fourth-order valence-corrected chi connectivity index (χ4v) is 5.80. The zero-order chi connectivity index (χ0) is 27.6. The molecule has 10 heteroatoms. The van der Waals surface area contributed by atoms with Crippen molar-refractivity contribution in [2.45, 2.75) is 31.6 Å². The predicted octanol–water partition coefficient (Wildman–Crippen LogP) is 3.97. The first-order valence-electron chi connectivity index (χ1n) is 13.3. The van der Waals surface area contributed by atoms with Gasteiger partial charge in [-0.05, 0) is 56.2 Å². The van der Waals surface area contributed by atoms with Crippen LogP contribution in [0.15, 0.2) is 65.6 Å². The molecule has 0 radical (unpaired) electrons. The molecule has 2 aromatic heterocycles. The number of pyridine rings is 1. The van der Waals surface area contributed by atoms with Gasteiger partial charge in [0, 0.05) is 59.2 Å². The van der Waals surface area contributed by atoms with Crippen molar-refractivity contribution in [3.63, 3.8) is 0 Å². The number of carbonyl (C=O) groups is 2. The van der Waals surface area contributed by atoms with Gasteiger partial charge in [-0.1, -0.05) is 6.07 Å². The first-order chi connectivity index (χ1) is 19.4. The Morgan fingerprint density at radius 2 is 1.85 bits per heavy atom. The Balaban J connectivity index is 1.36. The number of anilines is 1. The number of esters is 1. The summed E-state index contributed by atoms with van der Waals surface area (Å²) >= 11 is 0. The number of halogens is 1. The minimum absolute atomic E-state index is 0.0957. The topological polar surface area (TPSA) is 95.7 Å². The van der Waals surface area contributed by atoms with Gasteiger partial charge in [0.15, 0.2) is 17.3 Å². The van der Waals surface area contributed by atoms with E-state index in [1.165, 1.54) is 21.4 Å². The molecule has 3 aliphatic rings. The molecule has 0 atom stereocenters. The van der Waals surface area contributed by atoms with E-state index in [9.17, 15) is 18.8 Å². The summed E-state index contributed by atoms with van der Waals surface area (Å²) in [6.45, 7) is 2.62. The summed E-state index contributed by atoms with van der Waals surface area (Å²) in [4.78, 5) is 41.2. The van der Waals surface area contributed by atoms with Gasteiger partial charge in [-0.15, -0.1) is 0 Å². The Bertz CT molecular complexity index is 1750. The maximum atomic E-state index is 15.0. The Kier molecular flexibility index (Phi) is 5.41. The van der Waals surface area contributed by atoms with Crippen LogP contribution in [0.5, 0.6) is 5.75 Å². The highest BCUT2D eigenvalue weighted by molar-refractivity contribution is 6.10. The summed E-state index contributed by atoms with van der Waals surface area (Å²) in [6.07, 6.45) is 3.76. The zero-order valence-corrected chi connectivity index (χ0v) is 21.7. The number of hydrogen-bond donors (Lipinski definition) is 0. The lowest BCUT2D eigenvalue weighted by Gasteiger charge is -2.33. The third-order valence-electron chi connectivity index (χ3n) is 7.88. The Morgan fingerprint density at radius 1 is 1.07 bits per heavy atom. The van der Waals surface area contributed by atoms with Crippen molar-refractivity contribution in [1.82, 2.24) is 14.3 Å². The first-order valence-corrected chi connectivity index (χ1v) is 13.3. The number of ether oxygens (including phenoxy) is 2. The average molecular weight is 541 g/mol. The molecule has 202 valence electrons. The van der Waals surface area contributed by atoms with Crippen LogP contribution in [0.25, 0.3) is 11.4 Å². The summed E-state index contributed by atoms with van der Waals surface area (Å²) in [7, 11) is 0. The Hall–Kier alpha value is -4.73. The molecule has 4 heterocycles. The van der Waals surface area contributed by atoms with Gasteiger partial charge >= 0.3 is 5.97 Å². The fourth-order valence-electron chi connectivity index (χ4n) is 5.80. The van der Waals surface area contributed by atoms with E-state index in [4.69, 9.17) is 9.47 Å². The summed E-state index contributed by atoms with van der Waals surface area (Å²) in [5, 5.41) is 4.57. The quantitative estimate of drug-likeness (QED) is 0.356. The number of carbonyl (C=O) groups excluding carboxylic acids is 2. The van der Waals surface area contributed by atoms with Crippen molar-refractivity contribution in [2.24, 2.45) is 0 Å². The molecule has 4 aromatic rings. The third-order valence-corrected chi connectivity index (χ3v) is 7.88. The largest absolute Gasteiger partial charge is 0.490 e. The molecule has 1 spiro atoms. The minimum Gasteiger partial charge on any atom is -0.490 e. The molecular weight excluding hydrogens is 515 g/mol. The predicted molar refractivity (Wildman–Crippen MR) is 143 cm³/mol. The van der Waals surface area contributed by atoms with Crippen molar-refractivity contribution in [3.8, 4) is 17.1 Å². The molecule has 0 bridgehead atoms. The van der Waals surface area contributed by atoms with E-state index in [0.717, 1.165) is 12.8 Å². The van der Waals surface area contributed by atoms with Gasteiger partial charge in [-0.25, -0.2) is 13.9 Å². The highest BCUT2D eigenvalue weighted by Crippen LogP contribution is 2.54. The zero-order valence-electron chi connectivity index (χ0n) is 21.7. The molecule has 0 saturated heterocycles. The Morgan fingerprint density at radius 3 is 2.58 bits per heavy atom. The van der Waals surface area contributed by atoms with Crippen LogP contribution in [-0.4, -0.2) is 46.0 Å². The lowest BCUT2D eigenvalue weighted by Crippen LogP contribution is -2.44. The lowest BCUT2D eigenvalue weighted by atomic mass is 9.88. The lowest BCUT2D eigenvalue weighted by molar-refractivity contribution is 0.0516. The van der Waals surface area contributed by atoms with Crippen LogP contribution >= 0.6 is 0 Å². The monoisotopic (exact) mass is 540 g/mol. The van der Waals surface area contributed by atoms with E-state index in [0.29, 0.717) is 47.8 Å². The van der Waals surface area contributed by atoms with Crippen LogP contribution in [-0.2, 0) is 16.6 Å². The minimum atomic E-state index is -0.604. The smallest absolute Gasteiger partial charge is 0.359 e. The molecule has 1 fully saturated rings. The van der Waals surface area contributed by atoms with Gasteiger partial charge in [0.2, 0.25) is 0 Å². The van der Waals surface area contributed by atoms with Crippen LogP contribution in [0.1, 0.15) is 51.9 Å². The summed E-state index contributed by atoms with van der Waals surface area (Å²) in [5.41, 5.74) is 2.62. The van der Waals surface area contributed by atoms with Gasteiger partial charge in [0.25, 0.3) is 11.5 Å². The van der Waals surface area contributed by atoms with E-state index in [2.05, 4.69) is 5.10 Å². The number of amides is 1. The standard InChI is InChI=1S/C30H25FN4O5/c1-2-39-29(38)25-24-26(35(32-25)21-15-18-10-14-40-27(18)22(31)16-21)28(37)34(17-30(24)11-12-30)20-8-6-19(7-9-20)33-13-4-3-5-23(33)36/h3-9,13,15-16H,2,10-12,14,17H2,1H3. The summed E-state index contributed by atoms with van der Waals surface area (Å²) in [6, 6.07) is 15.2. The molecule has 2 aliphatic heterocycles. The average Bonchev–Trinajstić information content (AvgIpc) is 3.35. The highest BCUT2D eigenvalue weighted by atomic mass is 19.1. The van der Waals surface area contributed by atoms with E-state index in [1.54, 1.807) is 60.5 Å². The number of rotatable bonds is 5. The van der Waals surface area contributed by atoms with Crippen molar-refractivity contribution < 1.29 is 23.5 Å². The van der Waals surface area contributed by atoms with E-state index in [-0.39, 0.29) is 35.2 Å². The van der Waals surface area contributed by atoms with Crippen molar-refractivity contribution in [1.29, 1.82) is 0 Å². The van der Waals surface area contributed by atoms with Crippen LogP contribution in [0.2, 0.25) is 0 Å². The Labute approximate surface area is 228 Å². The van der Waals surface area contributed by atoms with Crippen molar-refractivity contribution >= 4 is 17.6 Å². The van der Waals surface area contributed by atoms with Crippen LogP contribution < -0.4 is 15.2 Å². The number of aromatic nitrogens is 3. The first kappa shape index (κ1) is 24.3. The maximum absolute atomic E-state index is 15.0. The van der Waals surface area contributed by atoms with Crippen LogP contribution in [0, 0.1) is 5.82 Å². The molecule has 0 unspecified atom stereocenters. The van der Waals surface area contributed by atoms with E-state index < -0.39 is 17.2 Å². The van der Waals surface area contributed by atoms with E-state index >= 15 is 0 Å². The second-order valence-corrected chi connectivity index (χ2v) is 10.3. The second-order valence-electron chi connectivity index (χ2n) is 10.3. The van der Waals surface area contributed by atoms with Gasteiger partial charge in [0.05, 0.1) is 18.9 Å². The molecule has 0 N–H and O–H groups in total. The molecule has 1 aliphatic carbocycles. The fraction of sp³-hybridized carbons (Fsp3) is 0.267. The van der Waals surface area contributed by atoms with Gasteiger partial charge in [0.1, 0.15) is 5.69 Å². The van der Waals surface area contributed by atoms with Gasteiger partial charge < -0.3 is 14.4 Å². The van der Waals surface area contributed by atoms with Crippen molar-refractivity contribution in [3.05, 3.63) is 99.5 Å². The van der Waals surface area contributed by atoms with Crippen LogP contribution in [0.3, 0.4) is 0 Å². The van der Waals surface area contributed by atoms with Crippen molar-refractivity contribution in [2.75, 3.05) is 24.7 Å². The normalized spacial score (nSPS) is 16.4. The molecule has 1 amide bonds. The molecule has 2 aromatic carbocycles. The summed E-state index contributed by atoms with van der Waals surface area (Å²) in [5.74, 6) is -1.29. The number of nitrogens with zero attached hydrogens (tertiary/aromatic N) is 4. The third kappa shape index (κ3) is 3.66. The van der Waals surface area contributed by atoms with Gasteiger partial charge in [-0.2, -0.15) is 5.10 Å². The van der Waals surface area contributed by atoms with Gasteiger partial charge in [-0.3, -0.25) is 14.2 Å². The summed E-state index contributed by atoms with van der Waals surface area (Å²) < 4.78 is 28.6. The highest BCUT2D eigenvalue weighted by Gasteiger charge is 2.56. The molecular formula is C30H25FN4O5. The SMILES string of the molecule is CCOC(=O)c1nn(-c2cc(F)c3c(c2)CCO3)c2c1C1(CC1)CN(c1ccc(-n3ccccc3=O)cc1)C2=O. The molecule has 9 nitrogen and oxygen atoms in total. The molecule has 1 saturated carbocycles. The number of fused-ring (bicyclic) bond motifs is 3. The molecule has 40 heavy (non-hydrogen) atoms. The van der Waals surface area contributed by atoms with Crippen LogP contribution in [0.4, 0.5) is 10.1 Å². The number of hydrogen-bond acceptors (Lipinski definition) is 6. The van der Waals surface area contributed by atoms with E-state index in [1.807, 2.05) is 0 Å². The maximum Gasteiger partial charge on any atom is 0.359 e. The second kappa shape index (κ2) is 8.90.